The lowest BCUT2D eigenvalue weighted by molar-refractivity contribution is -0.136. The first-order valence-corrected chi connectivity index (χ1v) is 10.7. The van der Waals surface area contributed by atoms with Crippen LogP contribution in [0.1, 0.15) is 37.3 Å². The Kier molecular flexibility index (Phi) is 7.42. The number of nitrogens with one attached hydrogen (secondary N) is 2. The van der Waals surface area contributed by atoms with Gasteiger partial charge in [-0.2, -0.15) is 11.3 Å². The Hall–Kier alpha value is -1.96. The molecule has 2 heterocycles. The van der Waals surface area contributed by atoms with Crippen molar-refractivity contribution in [2.45, 2.75) is 31.7 Å². The van der Waals surface area contributed by atoms with E-state index in [0.717, 1.165) is 37.6 Å². The fraction of sp³-hybridized carbons (Fsp3) is 0.400. The van der Waals surface area contributed by atoms with Crippen LogP contribution in [0.15, 0.2) is 35.0 Å². The van der Waals surface area contributed by atoms with Crippen LogP contribution in [0.25, 0.3) is 0 Å². The molecule has 3 rings (SSSR count). The van der Waals surface area contributed by atoms with E-state index in [4.69, 9.17) is 11.6 Å². The first-order valence-electron chi connectivity index (χ1n) is 9.35. The van der Waals surface area contributed by atoms with Crippen molar-refractivity contribution in [3.05, 3.63) is 51.4 Å². The van der Waals surface area contributed by atoms with Crippen molar-refractivity contribution in [1.29, 1.82) is 0 Å². The van der Waals surface area contributed by atoms with E-state index in [1.165, 1.54) is 25.0 Å². The summed E-state index contributed by atoms with van der Waals surface area (Å²) < 4.78 is 13.2. The van der Waals surface area contributed by atoms with E-state index >= 15 is 0 Å². The highest BCUT2D eigenvalue weighted by molar-refractivity contribution is 7.08. The highest BCUT2D eigenvalue weighted by Crippen LogP contribution is 2.25. The van der Waals surface area contributed by atoms with E-state index in [1.807, 2.05) is 5.38 Å². The lowest BCUT2D eigenvalue weighted by Crippen LogP contribution is -2.42. The second-order valence-electron chi connectivity index (χ2n) is 6.82. The van der Waals surface area contributed by atoms with E-state index in [-0.39, 0.29) is 16.8 Å². The molecule has 1 aliphatic rings. The highest BCUT2D eigenvalue weighted by Gasteiger charge is 2.24. The zero-order valence-electron chi connectivity index (χ0n) is 15.4. The number of benzene rings is 1. The van der Waals surface area contributed by atoms with Crippen LogP contribution >= 0.6 is 22.9 Å². The molecule has 150 valence electrons. The monoisotopic (exact) mass is 423 g/mol. The van der Waals surface area contributed by atoms with Crippen molar-refractivity contribution in [3.63, 3.8) is 0 Å². The minimum atomic E-state index is -0.803. The van der Waals surface area contributed by atoms with E-state index in [9.17, 15) is 14.0 Å². The van der Waals surface area contributed by atoms with Gasteiger partial charge in [-0.15, -0.1) is 0 Å². The van der Waals surface area contributed by atoms with Gasteiger partial charge < -0.3 is 10.6 Å². The number of hydrogen-bond acceptors (Lipinski definition) is 4. The second-order valence-corrected chi connectivity index (χ2v) is 8.00. The predicted molar refractivity (Wildman–Crippen MR) is 110 cm³/mol. The molecule has 2 N–H and O–H groups in total. The highest BCUT2D eigenvalue weighted by atomic mass is 35.5. The van der Waals surface area contributed by atoms with Gasteiger partial charge in [0.15, 0.2) is 0 Å². The van der Waals surface area contributed by atoms with E-state index in [2.05, 4.69) is 27.0 Å². The Morgan fingerprint density at radius 1 is 1.14 bits per heavy atom. The van der Waals surface area contributed by atoms with Crippen LogP contribution in [0.2, 0.25) is 5.02 Å². The van der Waals surface area contributed by atoms with Gasteiger partial charge in [0.1, 0.15) is 5.82 Å². The van der Waals surface area contributed by atoms with Crippen molar-refractivity contribution < 1.29 is 14.0 Å². The molecule has 1 aromatic heterocycles. The van der Waals surface area contributed by atoms with Gasteiger partial charge in [0.05, 0.1) is 11.1 Å². The molecule has 1 aromatic carbocycles. The summed E-state index contributed by atoms with van der Waals surface area (Å²) in [7, 11) is 0. The maximum absolute atomic E-state index is 13.2. The first-order chi connectivity index (χ1) is 13.5. The molecule has 2 amide bonds. The van der Waals surface area contributed by atoms with Crippen LogP contribution in [-0.4, -0.2) is 36.3 Å². The molecule has 8 heteroatoms. The molecule has 0 radical (unpaired) electrons. The third-order valence-electron chi connectivity index (χ3n) is 4.85. The summed E-state index contributed by atoms with van der Waals surface area (Å²) in [4.78, 5) is 26.8. The zero-order valence-corrected chi connectivity index (χ0v) is 17.0. The molecule has 0 saturated carbocycles. The number of nitrogens with zero attached hydrogens (tertiary/aromatic N) is 1. The van der Waals surface area contributed by atoms with Gasteiger partial charge in [0.2, 0.25) is 0 Å². The lowest BCUT2D eigenvalue weighted by atomic mass is 10.1. The molecule has 0 unspecified atom stereocenters. The Bertz CT molecular complexity index is 808. The quantitative estimate of drug-likeness (QED) is 0.708. The van der Waals surface area contributed by atoms with Crippen LogP contribution in [0, 0.1) is 5.82 Å². The summed E-state index contributed by atoms with van der Waals surface area (Å²) in [5.41, 5.74) is 1.42. The molecule has 5 nitrogen and oxygen atoms in total. The molecule has 1 aliphatic heterocycles. The fourth-order valence-corrected chi connectivity index (χ4v) is 4.25. The minimum Gasteiger partial charge on any atom is -0.346 e. The van der Waals surface area contributed by atoms with Crippen LogP contribution < -0.4 is 10.6 Å². The number of rotatable bonds is 5. The van der Waals surface area contributed by atoms with Crippen LogP contribution in [0.5, 0.6) is 0 Å². The Morgan fingerprint density at radius 3 is 2.54 bits per heavy atom. The maximum Gasteiger partial charge on any atom is 0.313 e. The van der Waals surface area contributed by atoms with Gasteiger partial charge in [-0.05, 0) is 66.5 Å². The lowest BCUT2D eigenvalue weighted by Gasteiger charge is -2.30. The van der Waals surface area contributed by atoms with E-state index in [0.29, 0.717) is 6.54 Å². The molecule has 0 aliphatic carbocycles. The maximum atomic E-state index is 13.2. The Labute approximate surface area is 172 Å². The third-order valence-corrected chi connectivity index (χ3v) is 5.84. The number of carbonyl (C=O) groups excluding carboxylic acids is 2. The summed E-state index contributed by atoms with van der Waals surface area (Å²) in [6.07, 6.45) is 4.73. The normalized spacial score (nSPS) is 16.2. The summed E-state index contributed by atoms with van der Waals surface area (Å²) in [5.74, 6) is -2.11. The SMILES string of the molecule is O=C(NC[C@@H](c1ccsc1)N1CCCCCC1)C(=O)Nc1ccc(F)c(Cl)c1. The van der Waals surface area contributed by atoms with E-state index < -0.39 is 17.6 Å². The molecular formula is C20H23ClFN3O2S. The summed E-state index contributed by atoms with van der Waals surface area (Å²) in [6, 6.07) is 5.88. The number of carbonyl (C=O) groups is 2. The molecule has 1 saturated heterocycles. The summed E-state index contributed by atoms with van der Waals surface area (Å²) in [5, 5.41) is 9.18. The van der Waals surface area contributed by atoms with Crippen molar-refractivity contribution in [3.8, 4) is 0 Å². The van der Waals surface area contributed by atoms with Gasteiger partial charge in [0, 0.05) is 12.2 Å². The van der Waals surface area contributed by atoms with Gasteiger partial charge >= 0.3 is 11.8 Å². The summed E-state index contributed by atoms with van der Waals surface area (Å²) in [6.45, 7) is 2.32. The number of likely N-dealkylation sites (tertiary alicyclic amines) is 1. The number of anilines is 1. The van der Waals surface area contributed by atoms with Gasteiger partial charge in [-0.25, -0.2) is 4.39 Å². The number of thiophene rings is 1. The molecule has 1 fully saturated rings. The van der Waals surface area contributed by atoms with Crippen molar-refractivity contribution in [2.75, 3.05) is 25.0 Å². The molecule has 28 heavy (non-hydrogen) atoms. The average molecular weight is 424 g/mol. The second kappa shape index (κ2) is 10.0. The largest absolute Gasteiger partial charge is 0.346 e. The molecule has 2 aromatic rings. The van der Waals surface area contributed by atoms with Crippen molar-refractivity contribution in [1.82, 2.24) is 10.2 Å². The van der Waals surface area contributed by atoms with Crippen molar-refractivity contribution >= 4 is 40.4 Å². The summed E-state index contributed by atoms with van der Waals surface area (Å²) >= 11 is 7.32. The van der Waals surface area contributed by atoms with Crippen LogP contribution in [0.3, 0.4) is 0 Å². The number of amides is 2. The molecule has 0 bridgehead atoms. The number of halogens is 2. The van der Waals surface area contributed by atoms with Crippen LogP contribution in [0.4, 0.5) is 10.1 Å². The topological polar surface area (TPSA) is 61.4 Å². The smallest absolute Gasteiger partial charge is 0.313 e. The first kappa shape index (κ1) is 20.8. The molecular weight excluding hydrogens is 401 g/mol. The van der Waals surface area contributed by atoms with E-state index in [1.54, 1.807) is 11.3 Å². The van der Waals surface area contributed by atoms with Gasteiger partial charge in [0.25, 0.3) is 0 Å². The zero-order chi connectivity index (χ0) is 19.9. The number of hydrogen-bond donors (Lipinski definition) is 2. The standard InChI is InChI=1S/C20H23ClFN3O2S/c21-16-11-15(5-6-17(16)22)24-20(27)19(26)23-12-18(14-7-10-28-13-14)25-8-3-1-2-4-9-25/h5-7,10-11,13,18H,1-4,8-9,12H2,(H,23,26)(H,24,27)/t18-/m0/s1. The van der Waals surface area contributed by atoms with Gasteiger partial charge in [-0.1, -0.05) is 24.4 Å². The van der Waals surface area contributed by atoms with Crippen LogP contribution in [-0.2, 0) is 9.59 Å². The molecule has 1 atom stereocenters. The third kappa shape index (κ3) is 5.53. The predicted octanol–water partition coefficient (Wildman–Crippen LogP) is 4.21. The van der Waals surface area contributed by atoms with Crippen molar-refractivity contribution in [2.24, 2.45) is 0 Å². The Balaban J connectivity index is 1.60. The average Bonchev–Trinajstić information content (AvgIpc) is 3.07. The molecule has 0 spiro atoms. The minimum absolute atomic E-state index is 0.0429. The van der Waals surface area contributed by atoms with Gasteiger partial charge in [-0.3, -0.25) is 14.5 Å². The fourth-order valence-electron chi connectivity index (χ4n) is 3.36. The Morgan fingerprint density at radius 2 is 1.89 bits per heavy atom.